The van der Waals surface area contributed by atoms with Crippen molar-refractivity contribution >= 4 is 11.7 Å². The molecule has 20 heavy (non-hydrogen) atoms. The summed E-state index contributed by atoms with van der Waals surface area (Å²) in [4.78, 5) is 14.0. The molecule has 4 heteroatoms. The Labute approximate surface area is 121 Å². The molecule has 0 aromatic heterocycles. The Morgan fingerprint density at radius 2 is 2.00 bits per heavy atom. The van der Waals surface area contributed by atoms with Gasteiger partial charge in [0.25, 0.3) is 0 Å². The van der Waals surface area contributed by atoms with Gasteiger partial charge in [0.2, 0.25) is 0 Å². The van der Waals surface area contributed by atoms with Crippen LogP contribution in [0.2, 0.25) is 0 Å². The number of hydrogen-bond acceptors (Lipinski definition) is 4. The highest BCUT2D eigenvalue weighted by molar-refractivity contribution is 5.69. The standard InChI is InChI=1S/C16H24N2O2/c1-18-12-9-15(10-13-18)20-16(19)8-5-11-17-14-6-3-2-4-7-14/h2-4,6-7,15,17H,5,8-13H2,1H3. The lowest BCUT2D eigenvalue weighted by Crippen LogP contribution is -2.35. The maximum Gasteiger partial charge on any atom is 0.306 e. The molecule has 0 radical (unpaired) electrons. The van der Waals surface area contributed by atoms with Gasteiger partial charge in [-0.25, -0.2) is 0 Å². The summed E-state index contributed by atoms with van der Waals surface area (Å²) in [5.41, 5.74) is 1.09. The Bertz CT molecular complexity index is 400. The zero-order chi connectivity index (χ0) is 14.2. The molecule has 2 rings (SSSR count). The number of hydrogen-bond donors (Lipinski definition) is 1. The molecule has 0 atom stereocenters. The molecular formula is C16H24N2O2. The van der Waals surface area contributed by atoms with Gasteiger partial charge in [-0.15, -0.1) is 0 Å². The number of piperidine rings is 1. The van der Waals surface area contributed by atoms with E-state index in [9.17, 15) is 4.79 Å². The molecule has 1 N–H and O–H groups in total. The van der Waals surface area contributed by atoms with Crippen molar-refractivity contribution < 1.29 is 9.53 Å². The fraction of sp³-hybridized carbons (Fsp3) is 0.562. The molecule has 110 valence electrons. The SMILES string of the molecule is CN1CCC(OC(=O)CCCNc2ccccc2)CC1. The van der Waals surface area contributed by atoms with Gasteiger partial charge in [-0.1, -0.05) is 18.2 Å². The van der Waals surface area contributed by atoms with Crippen LogP contribution in [0.5, 0.6) is 0 Å². The molecule has 0 bridgehead atoms. The van der Waals surface area contributed by atoms with Crippen LogP contribution in [0.1, 0.15) is 25.7 Å². The highest BCUT2D eigenvalue weighted by Gasteiger charge is 2.19. The summed E-state index contributed by atoms with van der Waals surface area (Å²) in [6, 6.07) is 10.0. The molecule has 0 saturated carbocycles. The van der Waals surface area contributed by atoms with E-state index in [1.54, 1.807) is 0 Å². The molecule has 1 saturated heterocycles. The van der Waals surface area contributed by atoms with E-state index >= 15 is 0 Å². The van der Waals surface area contributed by atoms with Gasteiger partial charge in [-0.2, -0.15) is 0 Å². The predicted molar refractivity (Wildman–Crippen MR) is 80.8 cm³/mol. The molecule has 0 amide bonds. The predicted octanol–water partition coefficient (Wildman–Crippen LogP) is 2.52. The number of carbonyl (C=O) groups excluding carboxylic acids is 1. The molecule has 1 aliphatic rings. The van der Waals surface area contributed by atoms with Gasteiger partial charge in [-0.05, 0) is 38.4 Å². The first-order valence-electron chi connectivity index (χ1n) is 7.41. The van der Waals surface area contributed by atoms with Crippen molar-refractivity contribution in [2.45, 2.75) is 31.8 Å². The smallest absolute Gasteiger partial charge is 0.306 e. The lowest BCUT2D eigenvalue weighted by Gasteiger charge is -2.28. The van der Waals surface area contributed by atoms with Crippen LogP contribution in [0.15, 0.2) is 30.3 Å². The molecular weight excluding hydrogens is 252 g/mol. The number of likely N-dealkylation sites (tertiary alicyclic amines) is 1. The largest absolute Gasteiger partial charge is 0.462 e. The minimum Gasteiger partial charge on any atom is -0.462 e. The van der Waals surface area contributed by atoms with Crippen molar-refractivity contribution in [2.75, 3.05) is 32.0 Å². The number of nitrogens with zero attached hydrogens (tertiary/aromatic N) is 1. The molecule has 1 heterocycles. The zero-order valence-electron chi connectivity index (χ0n) is 12.2. The monoisotopic (exact) mass is 276 g/mol. The first kappa shape index (κ1) is 14.9. The number of esters is 1. The van der Waals surface area contributed by atoms with Crippen molar-refractivity contribution in [3.8, 4) is 0 Å². The number of anilines is 1. The summed E-state index contributed by atoms with van der Waals surface area (Å²) in [7, 11) is 2.10. The van der Waals surface area contributed by atoms with Crippen molar-refractivity contribution in [3.63, 3.8) is 0 Å². The van der Waals surface area contributed by atoms with Crippen molar-refractivity contribution in [1.82, 2.24) is 4.90 Å². The van der Waals surface area contributed by atoms with E-state index in [2.05, 4.69) is 17.3 Å². The summed E-state index contributed by atoms with van der Waals surface area (Å²) in [5, 5.41) is 3.29. The van der Waals surface area contributed by atoms with Gasteiger partial charge in [0.05, 0.1) is 0 Å². The summed E-state index contributed by atoms with van der Waals surface area (Å²) >= 11 is 0. The van der Waals surface area contributed by atoms with E-state index in [1.165, 1.54) is 0 Å². The first-order valence-corrected chi connectivity index (χ1v) is 7.41. The third-order valence-corrected chi connectivity index (χ3v) is 3.62. The molecule has 1 aliphatic heterocycles. The van der Waals surface area contributed by atoms with Gasteiger partial charge in [-0.3, -0.25) is 4.79 Å². The molecule has 1 fully saturated rings. The Morgan fingerprint density at radius 1 is 1.30 bits per heavy atom. The second kappa shape index (κ2) is 7.90. The van der Waals surface area contributed by atoms with E-state index in [1.807, 2.05) is 30.3 Å². The van der Waals surface area contributed by atoms with Crippen LogP contribution in [0.25, 0.3) is 0 Å². The van der Waals surface area contributed by atoms with Crippen LogP contribution in [-0.4, -0.2) is 43.7 Å². The van der Waals surface area contributed by atoms with Crippen LogP contribution in [0.3, 0.4) is 0 Å². The number of para-hydroxylation sites is 1. The molecule has 0 spiro atoms. The summed E-state index contributed by atoms with van der Waals surface area (Å²) in [5.74, 6) is -0.0607. The van der Waals surface area contributed by atoms with E-state index in [-0.39, 0.29) is 12.1 Å². The van der Waals surface area contributed by atoms with Gasteiger partial charge in [0.15, 0.2) is 0 Å². The van der Waals surface area contributed by atoms with E-state index in [0.29, 0.717) is 6.42 Å². The number of rotatable bonds is 6. The fourth-order valence-corrected chi connectivity index (χ4v) is 2.37. The van der Waals surface area contributed by atoms with Gasteiger partial charge >= 0.3 is 5.97 Å². The molecule has 0 unspecified atom stereocenters. The summed E-state index contributed by atoms with van der Waals surface area (Å²) in [6.45, 7) is 2.84. The maximum atomic E-state index is 11.7. The van der Waals surface area contributed by atoms with Crippen LogP contribution < -0.4 is 5.32 Å². The highest BCUT2D eigenvalue weighted by atomic mass is 16.5. The lowest BCUT2D eigenvalue weighted by molar-refractivity contribution is -0.151. The number of nitrogens with one attached hydrogen (secondary N) is 1. The van der Waals surface area contributed by atoms with Crippen molar-refractivity contribution in [1.29, 1.82) is 0 Å². The third kappa shape index (κ3) is 5.21. The van der Waals surface area contributed by atoms with Crippen LogP contribution in [-0.2, 0) is 9.53 Å². The van der Waals surface area contributed by atoms with Crippen LogP contribution >= 0.6 is 0 Å². The average Bonchev–Trinajstić information content (AvgIpc) is 2.47. The Hall–Kier alpha value is -1.55. The second-order valence-corrected chi connectivity index (χ2v) is 5.39. The van der Waals surface area contributed by atoms with Crippen LogP contribution in [0, 0.1) is 0 Å². The van der Waals surface area contributed by atoms with E-state index in [0.717, 1.165) is 44.6 Å². The maximum absolute atomic E-state index is 11.7. The van der Waals surface area contributed by atoms with Gasteiger partial charge < -0.3 is 15.0 Å². The average molecular weight is 276 g/mol. The lowest BCUT2D eigenvalue weighted by atomic mass is 10.1. The summed E-state index contributed by atoms with van der Waals surface area (Å²) < 4.78 is 5.50. The topological polar surface area (TPSA) is 41.6 Å². The summed E-state index contributed by atoms with van der Waals surface area (Å²) in [6.07, 6.45) is 3.35. The second-order valence-electron chi connectivity index (χ2n) is 5.39. The van der Waals surface area contributed by atoms with Gasteiger partial charge in [0, 0.05) is 31.7 Å². The van der Waals surface area contributed by atoms with E-state index in [4.69, 9.17) is 4.74 Å². The van der Waals surface area contributed by atoms with Crippen LogP contribution in [0.4, 0.5) is 5.69 Å². The van der Waals surface area contributed by atoms with Crippen molar-refractivity contribution in [2.24, 2.45) is 0 Å². The van der Waals surface area contributed by atoms with Gasteiger partial charge in [0.1, 0.15) is 6.10 Å². The minimum atomic E-state index is -0.0607. The first-order chi connectivity index (χ1) is 9.74. The highest BCUT2D eigenvalue weighted by Crippen LogP contribution is 2.13. The Kier molecular flexibility index (Phi) is 5.87. The number of carbonyl (C=O) groups is 1. The number of ether oxygens (including phenoxy) is 1. The quantitative estimate of drug-likeness (QED) is 0.640. The molecule has 0 aliphatic carbocycles. The zero-order valence-corrected chi connectivity index (χ0v) is 12.2. The number of benzene rings is 1. The van der Waals surface area contributed by atoms with E-state index < -0.39 is 0 Å². The molecule has 1 aromatic carbocycles. The molecule has 1 aromatic rings. The minimum absolute atomic E-state index is 0.0607. The Balaban J connectivity index is 1.56. The fourth-order valence-electron chi connectivity index (χ4n) is 2.37. The molecule has 4 nitrogen and oxygen atoms in total. The Morgan fingerprint density at radius 3 is 2.70 bits per heavy atom. The third-order valence-electron chi connectivity index (χ3n) is 3.62. The van der Waals surface area contributed by atoms with Crippen molar-refractivity contribution in [3.05, 3.63) is 30.3 Å². The normalized spacial score (nSPS) is 16.9.